The van der Waals surface area contributed by atoms with E-state index in [0.717, 1.165) is 77.0 Å². The molecule has 0 spiro atoms. The zero-order valence-corrected chi connectivity index (χ0v) is 55.3. The van der Waals surface area contributed by atoms with Crippen molar-refractivity contribution in [2.24, 2.45) is 0 Å². The predicted octanol–water partition coefficient (Wildman–Crippen LogP) is 11.2. The van der Waals surface area contributed by atoms with Gasteiger partial charge >= 0.3 is 102 Å². The Bertz CT molecular complexity index is 910. The zero-order valence-electron chi connectivity index (χ0n) is 49.6. The molecular formula is C60H114Cu6O12. The summed E-state index contributed by atoms with van der Waals surface area (Å²) in [5.74, 6) is -5.48. The van der Waals surface area contributed by atoms with Crippen LogP contribution in [0.1, 0.15) is 350 Å². The molecule has 0 aromatic rings. The molecule has 0 aromatic heterocycles. The quantitative estimate of drug-likeness (QED) is 0.0408. The number of carbonyl (C=O) groups excluding carboxylic acids is 6. The first kappa shape index (κ1) is 106. The second kappa shape index (κ2) is 102. The van der Waals surface area contributed by atoms with Gasteiger partial charge in [-0.25, -0.2) is 0 Å². The van der Waals surface area contributed by atoms with Crippen molar-refractivity contribution in [1.29, 1.82) is 0 Å². The first-order valence-electron chi connectivity index (χ1n) is 29.8. The average Bonchev–Trinajstić information content (AvgIpc) is 3.33. The van der Waals surface area contributed by atoms with Crippen LogP contribution in [0.4, 0.5) is 0 Å². The van der Waals surface area contributed by atoms with Gasteiger partial charge in [-0.05, 0) is 77.0 Å². The molecule has 0 aliphatic rings. The molecule has 0 aliphatic carbocycles. The average molecular weight is 1410 g/mol. The molecule has 0 radical (unpaired) electrons. The van der Waals surface area contributed by atoms with E-state index in [0.29, 0.717) is 0 Å². The van der Waals surface area contributed by atoms with Gasteiger partial charge in [0.2, 0.25) is 0 Å². The van der Waals surface area contributed by atoms with Crippen LogP contribution in [0.25, 0.3) is 0 Å². The minimum atomic E-state index is -0.913. The van der Waals surface area contributed by atoms with Gasteiger partial charge in [-0.1, -0.05) is 273 Å². The smallest absolute Gasteiger partial charge is 0.550 e. The van der Waals surface area contributed by atoms with Crippen LogP contribution < -0.4 is 30.6 Å². The van der Waals surface area contributed by atoms with E-state index < -0.39 is 35.8 Å². The van der Waals surface area contributed by atoms with Gasteiger partial charge in [0, 0.05) is 35.8 Å². The van der Waals surface area contributed by atoms with Crippen LogP contribution in [0.3, 0.4) is 0 Å². The Labute approximate surface area is 543 Å². The van der Waals surface area contributed by atoms with E-state index >= 15 is 0 Å². The maximum atomic E-state index is 10.0. The van der Waals surface area contributed by atoms with Crippen molar-refractivity contribution in [2.75, 3.05) is 0 Å². The van der Waals surface area contributed by atoms with Crippen LogP contribution in [0.15, 0.2) is 0 Å². The van der Waals surface area contributed by atoms with Crippen molar-refractivity contribution in [3.05, 3.63) is 0 Å². The number of carbonyl (C=O) groups is 6. The molecule has 0 unspecified atom stereocenters. The summed E-state index contributed by atoms with van der Waals surface area (Å²) in [6, 6.07) is 0. The third-order valence-corrected chi connectivity index (χ3v) is 11.9. The molecule has 0 aromatic carbocycles. The number of unbranched alkanes of at least 4 members (excludes halogenated alkanes) is 36. The van der Waals surface area contributed by atoms with Gasteiger partial charge in [0.15, 0.2) is 0 Å². The summed E-state index contributed by atoms with van der Waals surface area (Å²) in [5, 5.41) is 60.1. The predicted molar refractivity (Wildman–Crippen MR) is 286 cm³/mol. The van der Waals surface area contributed by atoms with E-state index in [1.807, 2.05) is 0 Å². The fourth-order valence-corrected chi connectivity index (χ4v) is 7.36. The van der Waals surface area contributed by atoms with Crippen molar-refractivity contribution < 1.29 is 162 Å². The van der Waals surface area contributed by atoms with Crippen LogP contribution in [0.2, 0.25) is 0 Å². The molecular weight excluding hydrogens is 1290 g/mol. The van der Waals surface area contributed by atoms with E-state index in [1.54, 1.807) is 0 Å². The van der Waals surface area contributed by atoms with Crippen LogP contribution in [-0.2, 0) is 131 Å². The van der Waals surface area contributed by atoms with Crippen molar-refractivity contribution in [3.8, 4) is 0 Å². The first-order chi connectivity index (χ1) is 34.6. The fraction of sp³-hybridized carbons (Fsp3) is 0.900. The molecule has 78 heavy (non-hydrogen) atoms. The Hall–Kier alpha value is -0.0631. The van der Waals surface area contributed by atoms with Gasteiger partial charge in [0.1, 0.15) is 0 Å². The normalized spacial score (nSPS) is 9.31. The molecule has 0 atom stereocenters. The number of aliphatic carboxylic acids is 6. The van der Waals surface area contributed by atoms with Gasteiger partial charge in [0.05, 0.1) is 0 Å². The summed E-state index contributed by atoms with van der Waals surface area (Å²) in [6.45, 7) is 13.1. The maximum Gasteiger partial charge on any atom is 1.00 e. The monoisotopic (exact) mass is 1400 g/mol. The standard InChI is InChI=1S/6C10H20O2.6Cu/c6*1-2-3-4-5-6-7-8-9-10(11)12;;;;;;/h6*2-9H2,1H3,(H,11,12);;;;;;/q;;;;;;6*+1/p-6. The summed E-state index contributed by atoms with van der Waals surface area (Å²) in [7, 11) is 0. The third kappa shape index (κ3) is 147. The molecule has 0 fully saturated rings. The van der Waals surface area contributed by atoms with E-state index in [1.165, 1.54) is 193 Å². The number of carboxylic acids is 6. The number of hydrogen-bond acceptors (Lipinski definition) is 12. The summed E-state index contributed by atoms with van der Waals surface area (Å²) < 4.78 is 0. The zero-order chi connectivity index (χ0) is 55.4. The number of carboxylic acid groups (broad SMARTS) is 6. The Balaban J connectivity index is -0.0000000660. The van der Waals surface area contributed by atoms with E-state index in [4.69, 9.17) is 0 Å². The second-order valence-corrected chi connectivity index (χ2v) is 19.5. The number of hydrogen-bond donors (Lipinski definition) is 0. The Morgan fingerprint density at radius 3 is 0.321 bits per heavy atom. The van der Waals surface area contributed by atoms with Crippen LogP contribution >= 0.6 is 0 Å². The minimum absolute atomic E-state index is 0. The van der Waals surface area contributed by atoms with Crippen LogP contribution in [0.5, 0.6) is 0 Å². The summed E-state index contributed by atoms with van der Waals surface area (Å²) >= 11 is 0. The molecule has 18 heteroatoms. The van der Waals surface area contributed by atoms with Crippen LogP contribution in [-0.4, -0.2) is 35.8 Å². The molecule has 0 heterocycles. The van der Waals surface area contributed by atoms with Crippen LogP contribution in [0, 0.1) is 0 Å². The van der Waals surface area contributed by atoms with Crippen molar-refractivity contribution in [2.45, 2.75) is 350 Å². The summed E-state index contributed by atoms with van der Waals surface area (Å²) in [6.07, 6.45) is 50.1. The Morgan fingerprint density at radius 2 is 0.244 bits per heavy atom. The second-order valence-electron chi connectivity index (χ2n) is 19.5. The van der Waals surface area contributed by atoms with Gasteiger partial charge in [-0.15, -0.1) is 0 Å². The molecule has 0 saturated carbocycles. The minimum Gasteiger partial charge on any atom is -0.550 e. The van der Waals surface area contributed by atoms with E-state index in [2.05, 4.69) is 41.5 Å². The summed E-state index contributed by atoms with van der Waals surface area (Å²) in [5.41, 5.74) is 0. The fourth-order valence-electron chi connectivity index (χ4n) is 7.36. The van der Waals surface area contributed by atoms with E-state index in [9.17, 15) is 59.4 Å². The van der Waals surface area contributed by atoms with Gasteiger partial charge < -0.3 is 59.4 Å². The topological polar surface area (TPSA) is 241 Å². The van der Waals surface area contributed by atoms with E-state index in [-0.39, 0.29) is 141 Å². The largest absolute Gasteiger partial charge is 1.00 e. The van der Waals surface area contributed by atoms with Crippen molar-refractivity contribution in [1.82, 2.24) is 0 Å². The van der Waals surface area contributed by atoms with Crippen molar-refractivity contribution in [3.63, 3.8) is 0 Å². The molecule has 0 bridgehead atoms. The molecule has 0 N–H and O–H groups in total. The molecule has 0 aliphatic heterocycles. The number of rotatable bonds is 48. The maximum absolute atomic E-state index is 10.0. The Morgan fingerprint density at radius 1 is 0.167 bits per heavy atom. The molecule has 0 amide bonds. The van der Waals surface area contributed by atoms with Gasteiger partial charge in [0.25, 0.3) is 0 Å². The van der Waals surface area contributed by atoms with Gasteiger partial charge in [-0.2, -0.15) is 0 Å². The van der Waals surface area contributed by atoms with Crippen molar-refractivity contribution >= 4 is 35.8 Å². The molecule has 0 saturated heterocycles. The van der Waals surface area contributed by atoms with Gasteiger partial charge in [-0.3, -0.25) is 0 Å². The SMILES string of the molecule is CCCCCCCCCC(=O)[O-].CCCCCCCCCC(=O)[O-].CCCCCCCCCC(=O)[O-].CCCCCCCCCC(=O)[O-].CCCCCCCCCC(=O)[O-].CCCCCCCCCC(=O)[O-].[Cu+].[Cu+].[Cu+].[Cu+].[Cu+].[Cu+]. The summed E-state index contributed by atoms with van der Waals surface area (Å²) in [4.78, 5) is 60.1. The molecule has 0 rings (SSSR count). The molecule has 492 valence electrons. The Kier molecular flexibility index (Phi) is 139. The molecule has 12 nitrogen and oxygen atoms in total. The first-order valence-corrected chi connectivity index (χ1v) is 29.8. The third-order valence-electron chi connectivity index (χ3n) is 11.9.